The summed E-state index contributed by atoms with van der Waals surface area (Å²) in [6.07, 6.45) is 0. The van der Waals surface area contributed by atoms with Gasteiger partial charge in [0.15, 0.2) is 5.88 Å². The highest BCUT2D eigenvalue weighted by molar-refractivity contribution is 6.31. The summed E-state index contributed by atoms with van der Waals surface area (Å²) in [5, 5.41) is 12.2. The van der Waals surface area contributed by atoms with Crippen LogP contribution in [0, 0.1) is 0 Å². The van der Waals surface area contributed by atoms with Crippen molar-refractivity contribution < 1.29 is 9.90 Å². The smallest absolute Gasteiger partial charge is 0.240 e. The molecule has 0 saturated carbocycles. The van der Waals surface area contributed by atoms with Gasteiger partial charge in [0.05, 0.1) is 29.0 Å². The van der Waals surface area contributed by atoms with Crippen LogP contribution < -0.4 is 4.90 Å². The minimum absolute atomic E-state index is 0.0213. The van der Waals surface area contributed by atoms with Gasteiger partial charge in [-0.2, -0.15) is 0 Å². The number of rotatable bonds is 7. The predicted molar refractivity (Wildman–Crippen MR) is 140 cm³/mol. The summed E-state index contributed by atoms with van der Waals surface area (Å²) < 4.78 is 0. The van der Waals surface area contributed by atoms with Gasteiger partial charge in [-0.1, -0.05) is 54.9 Å². The van der Waals surface area contributed by atoms with Crippen molar-refractivity contribution in [1.82, 2.24) is 9.88 Å². The number of hydrogen-bond acceptors (Lipinski definition) is 4. The van der Waals surface area contributed by atoms with Crippen LogP contribution in [0.4, 0.5) is 11.4 Å². The van der Waals surface area contributed by atoms with Crippen molar-refractivity contribution in [2.24, 2.45) is 4.99 Å². The Kier molecular flexibility index (Phi) is 7.01. The number of anilines is 1. The highest BCUT2D eigenvalue weighted by Crippen LogP contribution is 2.33. The first-order chi connectivity index (χ1) is 16.4. The van der Waals surface area contributed by atoms with Crippen molar-refractivity contribution in [3.63, 3.8) is 0 Å². The first-order valence-electron chi connectivity index (χ1n) is 11.1. The van der Waals surface area contributed by atoms with Gasteiger partial charge < -0.3 is 15.0 Å². The Morgan fingerprint density at radius 1 is 1.03 bits per heavy atom. The van der Waals surface area contributed by atoms with Crippen molar-refractivity contribution >= 4 is 45.5 Å². The third-order valence-electron chi connectivity index (χ3n) is 5.82. The van der Waals surface area contributed by atoms with Gasteiger partial charge in [-0.3, -0.25) is 9.69 Å². The molecule has 0 fully saturated rings. The second-order valence-electron chi connectivity index (χ2n) is 8.16. The fraction of sp³-hybridized carbons (Fsp3) is 0.185. The molecule has 0 radical (unpaired) electrons. The molecule has 0 bridgehead atoms. The maximum absolute atomic E-state index is 12.5. The van der Waals surface area contributed by atoms with Gasteiger partial charge in [0.1, 0.15) is 0 Å². The van der Waals surface area contributed by atoms with Gasteiger partial charge >= 0.3 is 0 Å². The first kappa shape index (κ1) is 23.5. The number of aromatic amines is 1. The first-order valence-corrected chi connectivity index (χ1v) is 11.4. The molecule has 0 aliphatic heterocycles. The summed E-state index contributed by atoms with van der Waals surface area (Å²) in [4.78, 5) is 24.0. The van der Waals surface area contributed by atoms with Gasteiger partial charge in [-0.15, -0.1) is 0 Å². The van der Waals surface area contributed by atoms with Crippen LogP contribution in [0.1, 0.15) is 18.1 Å². The SMILES string of the molecule is CCN(C)CC(=O)N(C)c1ccc(N=C(c2ccccc2)c2c(O)[nH]c3cc(Cl)ccc23)cc1. The van der Waals surface area contributed by atoms with Crippen LogP contribution in [0.2, 0.25) is 5.02 Å². The van der Waals surface area contributed by atoms with E-state index in [-0.39, 0.29) is 11.8 Å². The van der Waals surface area contributed by atoms with Crippen LogP contribution in [-0.2, 0) is 4.79 Å². The molecule has 0 aliphatic carbocycles. The third kappa shape index (κ3) is 4.98. The Bertz CT molecular complexity index is 1330. The average Bonchev–Trinajstić information content (AvgIpc) is 3.17. The van der Waals surface area contributed by atoms with E-state index >= 15 is 0 Å². The lowest BCUT2D eigenvalue weighted by atomic mass is 10.0. The fourth-order valence-corrected chi connectivity index (χ4v) is 3.90. The fourth-order valence-electron chi connectivity index (χ4n) is 3.73. The molecule has 1 amide bonds. The molecule has 0 saturated heterocycles. The number of nitrogens with zero attached hydrogens (tertiary/aromatic N) is 3. The molecular formula is C27H27ClN4O2. The van der Waals surface area contributed by atoms with E-state index in [1.54, 1.807) is 24.1 Å². The Labute approximate surface area is 204 Å². The van der Waals surface area contributed by atoms with E-state index in [0.717, 1.165) is 28.7 Å². The number of aromatic hydroxyl groups is 1. The molecule has 3 aromatic carbocycles. The maximum atomic E-state index is 12.5. The Hall–Kier alpha value is -3.61. The molecule has 2 N–H and O–H groups in total. The van der Waals surface area contributed by atoms with E-state index in [2.05, 4.69) is 4.98 Å². The molecular weight excluding hydrogens is 448 g/mol. The summed E-state index contributed by atoms with van der Waals surface area (Å²) >= 11 is 6.14. The molecule has 1 aromatic heterocycles. The number of halogens is 1. The summed E-state index contributed by atoms with van der Waals surface area (Å²) in [6, 6.07) is 22.7. The molecule has 7 heteroatoms. The number of carbonyl (C=O) groups is 1. The van der Waals surface area contributed by atoms with E-state index in [0.29, 0.717) is 28.5 Å². The number of hydrogen-bond donors (Lipinski definition) is 2. The van der Waals surface area contributed by atoms with E-state index < -0.39 is 0 Å². The van der Waals surface area contributed by atoms with Gasteiger partial charge in [-0.25, -0.2) is 4.99 Å². The average molecular weight is 475 g/mol. The Morgan fingerprint density at radius 2 is 1.74 bits per heavy atom. The summed E-state index contributed by atoms with van der Waals surface area (Å²) in [5.41, 5.74) is 4.34. The quantitative estimate of drug-likeness (QED) is 0.342. The van der Waals surface area contributed by atoms with Gasteiger partial charge in [-0.05, 0) is 50.0 Å². The molecule has 0 spiro atoms. The summed E-state index contributed by atoms with van der Waals surface area (Å²) in [5.74, 6) is 0.0508. The number of likely N-dealkylation sites (N-methyl/N-ethyl adjacent to an activating group) is 2. The molecule has 0 unspecified atom stereocenters. The number of benzene rings is 3. The standard InChI is InChI=1S/C27H27ClN4O2/c1-4-31(2)17-24(33)32(3)21-13-11-20(12-14-21)29-26(18-8-6-5-7-9-18)25-22-15-10-19(28)16-23(22)30-27(25)34/h5-16,30,34H,4,17H2,1-3H3. The van der Waals surface area contributed by atoms with Crippen molar-refractivity contribution in [1.29, 1.82) is 0 Å². The number of nitrogens with one attached hydrogen (secondary N) is 1. The number of H-pyrrole nitrogens is 1. The zero-order chi connectivity index (χ0) is 24.2. The normalized spacial score (nSPS) is 11.9. The lowest BCUT2D eigenvalue weighted by Crippen LogP contribution is -2.36. The zero-order valence-corrected chi connectivity index (χ0v) is 20.2. The largest absolute Gasteiger partial charge is 0.494 e. The number of fused-ring (bicyclic) bond motifs is 1. The van der Waals surface area contributed by atoms with E-state index in [4.69, 9.17) is 16.6 Å². The van der Waals surface area contributed by atoms with Crippen LogP contribution in [0.25, 0.3) is 10.9 Å². The summed E-state index contributed by atoms with van der Waals surface area (Å²) in [6.45, 7) is 3.18. The number of aromatic nitrogens is 1. The van der Waals surface area contributed by atoms with Crippen LogP contribution in [0.15, 0.2) is 77.8 Å². The second-order valence-corrected chi connectivity index (χ2v) is 8.60. The van der Waals surface area contributed by atoms with E-state index in [1.807, 2.05) is 79.5 Å². The highest BCUT2D eigenvalue weighted by Gasteiger charge is 2.19. The monoisotopic (exact) mass is 474 g/mol. The molecule has 4 rings (SSSR count). The van der Waals surface area contributed by atoms with Gasteiger partial charge in [0.2, 0.25) is 5.91 Å². The zero-order valence-electron chi connectivity index (χ0n) is 19.4. The maximum Gasteiger partial charge on any atom is 0.240 e. The lowest BCUT2D eigenvalue weighted by molar-refractivity contribution is -0.119. The number of carbonyl (C=O) groups excluding carboxylic acids is 1. The molecule has 0 atom stereocenters. The predicted octanol–water partition coefficient (Wildman–Crippen LogP) is 5.61. The minimum atomic E-state index is 0.0213. The van der Waals surface area contributed by atoms with Crippen LogP contribution in [0.3, 0.4) is 0 Å². The van der Waals surface area contributed by atoms with E-state index in [9.17, 15) is 9.90 Å². The van der Waals surface area contributed by atoms with Crippen molar-refractivity contribution in [2.45, 2.75) is 6.92 Å². The summed E-state index contributed by atoms with van der Waals surface area (Å²) in [7, 11) is 3.69. The number of aliphatic imine (C=N–C) groups is 1. The third-order valence-corrected chi connectivity index (χ3v) is 6.06. The molecule has 1 heterocycles. The van der Waals surface area contributed by atoms with Crippen LogP contribution in [0.5, 0.6) is 5.88 Å². The van der Waals surface area contributed by atoms with Gasteiger partial charge in [0.25, 0.3) is 0 Å². The molecule has 0 aliphatic rings. The van der Waals surface area contributed by atoms with E-state index in [1.165, 1.54) is 0 Å². The lowest BCUT2D eigenvalue weighted by Gasteiger charge is -2.21. The van der Waals surface area contributed by atoms with Crippen molar-refractivity contribution in [2.75, 3.05) is 32.1 Å². The minimum Gasteiger partial charge on any atom is -0.494 e. The highest BCUT2D eigenvalue weighted by atomic mass is 35.5. The molecule has 4 aromatic rings. The molecule has 6 nitrogen and oxygen atoms in total. The topological polar surface area (TPSA) is 71.9 Å². The van der Waals surface area contributed by atoms with Crippen molar-refractivity contribution in [3.8, 4) is 5.88 Å². The van der Waals surface area contributed by atoms with Crippen LogP contribution in [-0.4, -0.2) is 53.8 Å². The van der Waals surface area contributed by atoms with Gasteiger partial charge in [0, 0.05) is 28.7 Å². The molecule has 34 heavy (non-hydrogen) atoms. The molecule has 174 valence electrons. The van der Waals surface area contributed by atoms with Crippen LogP contribution >= 0.6 is 11.6 Å². The second kappa shape index (κ2) is 10.1. The van der Waals surface area contributed by atoms with Crippen molar-refractivity contribution in [3.05, 3.63) is 88.9 Å². The number of amides is 1. The Balaban J connectivity index is 1.73. The Morgan fingerprint density at radius 3 is 2.41 bits per heavy atom.